The van der Waals surface area contributed by atoms with Gasteiger partial charge in [0.15, 0.2) is 11.5 Å². The Morgan fingerprint density at radius 2 is 1.58 bits per heavy atom. The van der Waals surface area contributed by atoms with Gasteiger partial charge in [-0.2, -0.15) is 0 Å². The first kappa shape index (κ1) is 15.6. The van der Waals surface area contributed by atoms with E-state index in [2.05, 4.69) is 0 Å². The first-order valence-corrected chi connectivity index (χ1v) is 7.26. The van der Waals surface area contributed by atoms with Gasteiger partial charge in [0.05, 0.1) is 5.56 Å². The smallest absolute Gasteiger partial charge is 0.232 e. The summed E-state index contributed by atoms with van der Waals surface area (Å²) in [6.45, 7) is 0. The molecule has 0 bridgehead atoms. The topological polar surface area (TPSA) is 94.8 Å². The van der Waals surface area contributed by atoms with Crippen LogP contribution in [0.5, 0.6) is 17.2 Å². The van der Waals surface area contributed by atoms with Crippen molar-refractivity contribution in [3.8, 4) is 17.2 Å². The highest BCUT2D eigenvalue weighted by Crippen LogP contribution is 2.29. The molecule has 3 N–H and O–H groups in total. The molecule has 5 nitrogen and oxygen atoms in total. The molecule has 0 amide bonds. The van der Waals surface area contributed by atoms with E-state index in [9.17, 15) is 24.9 Å². The first-order valence-electron chi connectivity index (χ1n) is 7.26. The summed E-state index contributed by atoms with van der Waals surface area (Å²) in [5.41, 5.74) is 0.339. The molecular formula is C19H14O5. The van der Waals surface area contributed by atoms with Crippen molar-refractivity contribution in [1.29, 1.82) is 0 Å². The number of rotatable bonds is 4. The minimum atomic E-state index is -0.800. The third-order valence-electron chi connectivity index (χ3n) is 3.80. The molecule has 0 aliphatic heterocycles. The van der Waals surface area contributed by atoms with Crippen molar-refractivity contribution in [1.82, 2.24) is 0 Å². The summed E-state index contributed by atoms with van der Waals surface area (Å²) in [6.07, 6.45) is -0.237. The fourth-order valence-corrected chi connectivity index (χ4v) is 2.53. The molecule has 0 spiro atoms. The summed E-state index contributed by atoms with van der Waals surface area (Å²) >= 11 is 0. The zero-order valence-corrected chi connectivity index (χ0v) is 12.6. The number of hydrogen-bond donors (Lipinski definition) is 3. The SMILES string of the molecule is O=C(Cc1ccc(O)c(O)c1)C(=O)c1ccc2ccccc2c1O. The first-order chi connectivity index (χ1) is 11.5. The molecule has 0 saturated heterocycles. The van der Waals surface area contributed by atoms with Crippen LogP contribution in [0.4, 0.5) is 0 Å². The van der Waals surface area contributed by atoms with Crippen LogP contribution in [0.15, 0.2) is 54.6 Å². The van der Waals surface area contributed by atoms with E-state index in [0.29, 0.717) is 10.9 Å². The molecule has 0 atom stereocenters. The zero-order valence-electron chi connectivity index (χ0n) is 12.6. The van der Waals surface area contributed by atoms with Crippen LogP contribution in [0.2, 0.25) is 0 Å². The Morgan fingerprint density at radius 3 is 2.33 bits per heavy atom. The van der Waals surface area contributed by atoms with Gasteiger partial charge in [0.2, 0.25) is 11.6 Å². The molecule has 0 aliphatic carbocycles. The number of phenolic OH excluding ortho intramolecular Hbond substituents is 3. The molecule has 0 unspecified atom stereocenters. The number of hydrogen-bond acceptors (Lipinski definition) is 5. The van der Waals surface area contributed by atoms with Crippen LogP contribution in [-0.2, 0) is 11.2 Å². The number of fused-ring (bicyclic) bond motifs is 1. The average Bonchev–Trinajstić information content (AvgIpc) is 2.58. The summed E-state index contributed by atoms with van der Waals surface area (Å²) in [7, 11) is 0. The number of carbonyl (C=O) groups excluding carboxylic acids is 2. The molecule has 120 valence electrons. The van der Waals surface area contributed by atoms with Crippen LogP contribution >= 0.6 is 0 Å². The average molecular weight is 322 g/mol. The Hall–Kier alpha value is -3.34. The van der Waals surface area contributed by atoms with Crippen LogP contribution in [0.3, 0.4) is 0 Å². The van der Waals surface area contributed by atoms with Gasteiger partial charge in [-0.1, -0.05) is 36.4 Å². The largest absolute Gasteiger partial charge is 0.507 e. The number of benzene rings is 3. The van der Waals surface area contributed by atoms with Crippen LogP contribution < -0.4 is 0 Å². The van der Waals surface area contributed by atoms with E-state index in [1.165, 1.54) is 24.3 Å². The van der Waals surface area contributed by atoms with Crippen molar-refractivity contribution in [2.24, 2.45) is 0 Å². The van der Waals surface area contributed by atoms with Gasteiger partial charge >= 0.3 is 0 Å². The highest BCUT2D eigenvalue weighted by atomic mass is 16.3. The highest BCUT2D eigenvalue weighted by Gasteiger charge is 2.21. The summed E-state index contributed by atoms with van der Waals surface area (Å²) < 4.78 is 0. The van der Waals surface area contributed by atoms with E-state index in [0.717, 1.165) is 5.39 Å². The van der Waals surface area contributed by atoms with Crippen LogP contribution in [-0.4, -0.2) is 26.9 Å². The quantitative estimate of drug-likeness (QED) is 0.390. The molecule has 3 aromatic rings. The van der Waals surface area contributed by atoms with Crippen molar-refractivity contribution in [3.05, 3.63) is 65.7 Å². The second-order valence-electron chi connectivity index (χ2n) is 5.44. The lowest BCUT2D eigenvalue weighted by atomic mass is 9.97. The van der Waals surface area contributed by atoms with Crippen LogP contribution in [0.25, 0.3) is 10.8 Å². The van der Waals surface area contributed by atoms with Gasteiger partial charge in [0, 0.05) is 11.8 Å². The van der Waals surface area contributed by atoms with Crippen molar-refractivity contribution in [2.45, 2.75) is 6.42 Å². The fourth-order valence-electron chi connectivity index (χ4n) is 2.53. The molecule has 0 saturated carbocycles. The Bertz CT molecular complexity index is 959. The van der Waals surface area contributed by atoms with Gasteiger partial charge in [-0.15, -0.1) is 0 Å². The van der Waals surface area contributed by atoms with E-state index in [4.69, 9.17) is 0 Å². The summed E-state index contributed by atoms with van der Waals surface area (Å²) in [6, 6.07) is 14.0. The lowest BCUT2D eigenvalue weighted by Crippen LogP contribution is -2.16. The number of ketones is 2. The molecule has 24 heavy (non-hydrogen) atoms. The number of aromatic hydroxyl groups is 3. The molecule has 0 aliphatic rings. The monoisotopic (exact) mass is 322 g/mol. The maximum atomic E-state index is 12.3. The molecule has 5 heteroatoms. The Kier molecular flexibility index (Phi) is 3.92. The summed E-state index contributed by atoms with van der Waals surface area (Å²) in [4.78, 5) is 24.5. The van der Waals surface area contributed by atoms with Gasteiger partial charge in [0.1, 0.15) is 5.75 Å². The molecule has 0 radical (unpaired) electrons. The van der Waals surface area contributed by atoms with Crippen molar-refractivity contribution < 1.29 is 24.9 Å². The predicted octanol–water partition coefficient (Wildman–Crippen LogP) is 2.95. The molecule has 0 aromatic heterocycles. The van der Waals surface area contributed by atoms with Gasteiger partial charge in [-0.25, -0.2) is 0 Å². The standard InChI is InChI=1S/C19H14O5/c20-15-8-5-11(9-16(15)21)10-17(22)19(24)14-7-6-12-3-1-2-4-13(12)18(14)23/h1-9,20-21,23H,10H2. The van der Waals surface area contributed by atoms with Crippen LogP contribution in [0.1, 0.15) is 15.9 Å². The van der Waals surface area contributed by atoms with Gasteiger partial charge in [-0.3, -0.25) is 9.59 Å². The summed E-state index contributed by atoms with van der Waals surface area (Å²) in [5.74, 6) is -2.40. The molecule has 3 rings (SSSR count). The van der Waals surface area contributed by atoms with E-state index >= 15 is 0 Å². The van der Waals surface area contributed by atoms with E-state index < -0.39 is 11.6 Å². The lowest BCUT2D eigenvalue weighted by molar-refractivity contribution is -0.114. The predicted molar refractivity (Wildman–Crippen MR) is 88.4 cm³/mol. The second kappa shape index (κ2) is 6.04. The van der Waals surface area contributed by atoms with Crippen LogP contribution in [0, 0.1) is 0 Å². The van der Waals surface area contributed by atoms with Crippen molar-refractivity contribution >= 4 is 22.3 Å². The maximum Gasteiger partial charge on any atom is 0.232 e. The molecule has 0 fully saturated rings. The Balaban J connectivity index is 1.89. The van der Waals surface area contributed by atoms with E-state index in [1.54, 1.807) is 24.3 Å². The number of carbonyl (C=O) groups is 2. The highest BCUT2D eigenvalue weighted by molar-refractivity contribution is 6.45. The normalized spacial score (nSPS) is 10.7. The second-order valence-corrected chi connectivity index (χ2v) is 5.44. The minimum absolute atomic E-state index is 0.0540. The third kappa shape index (κ3) is 2.79. The van der Waals surface area contributed by atoms with Gasteiger partial charge in [-0.05, 0) is 29.1 Å². The van der Waals surface area contributed by atoms with Gasteiger partial charge < -0.3 is 15.3 Å². The maximum absolute atomic E-state index is 12.3. The third-order valence-corrected chi connectivity index (χ3v) is 3.80. The molecule has 0 heterocycles. The lowest BCUT2D eigenvalue weighted by Gasteiger charge is -2.07. The van der Waals surface area contributed by atoms with E-state index in [1.807, 2.05) is 6.07 Å². The Morgan fingerprint density at radius 1 is 0.833 bits per heavy atom. The number of phenols is 3. The number of Topliss-reactive ketones (excluding diaryl/α,β-unsaturated/α-hetero) is 2. The molecular weight excluding hydrogens is 308 g/mol. The zero-order chi connectivity index (χ0) is 17.3. The van der Waals surface area contributed by atoms with E-state index in [-0.39, 0.29) is 29.2 Å². The Labute approximate surface area is 137 Å². The van der Waals surface area contributed by atoms with Crippen molar-refractivity contribution in [3.63, 3.8) is 0 Å². The minimum Gasteiger partial charge on any atom is -0.507 e. The summed E-state index contributed by atoms with van der Waals surface area (Å²) in [5, 5.41) is 30.2. The molecule has 3 aromatic carbocycles. The van der Waals surface area contributed by atoms with Crippen molar-refractivity contribution in [2.75, 3.05) is 0 Å². The fraction of sp³-hybridized carbons (Fsp3) is 0.0526. The van der Waals surface area contributed by atoms with Gasteiger partial charge in [0.25, 0.3) is 0 Å².